The molecule has 0 aliphatic carbocycles. The SMILES string of the molecule is [2H]c1ncnc2c1ncn2[C@@H]1O[C@H](COC(C)=O)[C@@H](OC(C)=O)[C@H]1OC(C)=O. The number of rotatable bonds is 5. The summed E-state index contributed by atoms with van der Waals surface area (Å²) in [6.07, 6.45) is -1.48. The predicted molar refractivity (Wildman–Crippen MR) is 87.0 cm³/mol. The summed E-state index contributed by atoms with van der Waals surface area (Å²) in [6.45, 7) is 3.42. The fourth-order valence-corrected chi connectivity index (χ4v) is 2.84. The summed E-state index contributed by atoms with van der Waals surface area (Å²) in [5.41, 5.74) is 0.497. The summed E-state index contributed by atoms with van der Waals surface area (Å²) in [6, 6.07) is 0. The standard InChI is InChI=1S/C16H18N4O7/c1-8(21)24-5-12-13(25-9(2)22)14(26-10(3)23)16(27-12)20-7-19-11-4-17-6-18-15(11)20/h4,6-7,12-14,16H,5H2,1-3H3/t12-,13-,14-,16-/m1/s1/i4D. The molecule has 0 radical (unpaired) electrons. The second-order valence-electron chi connectivity index (χ2n) is 5.83. The number of ether oxygens (including phenoxy) is 4. The van der Waals surface area contributed by atoms with Crippen LogP contribution in [0.4, 0.5) is 0 Å². The highest BCUT2D eigenvalue weighted by Crippen LogP contribution is 2.35. The van der Waals surface area contributed by atoms with Gasteiger partial charge in [0.25, 0.3) is 0 Å². The number of nitrogens with zero attached hydrogens (tertiary/aromatic N) is 4. The van der Waals surface area contributed by atoms with Crippen molar-refractivity contribution in [3.8, 4) is 0 Å². The number of fused-ring (bicyclic) bond motifs is 1. The minimum Gasteiger partial charge on any atom is -0.463 e. The van der Waals surface area contributed by atoms with Crippen molar-refractivity contribution in [2.45, 2.75) is 45.3 Å². The van der Waals surface area contributed by atoms with Gasteiger partial charge in [-0.15, -0.1) is 0 Å². The fraction of sp³-hybridized carbons (Fsp3) is 0.500. The van der Waals surface area contributed by atoms with Crippen molar-refractivity contribution in [1.29, 1.82) is 0 Å². The van der Waals surface area contributed by atoms with Crippen LogP contribution in [0, 0.1) is 0 Å². The van der Waals surface area contributed by atoms with E-state index < -0.39 is 42.4 Å². The summed E-state index contributed by atoms with van der Waals surface area (Å²) in [7, 11) is 0. The van der Waals surface area contributed by atoms with E-state index >= 15 is 0 Å². The van der Waals surface area contributed by atoms with Gasteiger partial charge in [0.2, 0.25) is 0 Å². The Kier molecular flexibility index (Phi) is 4.92. The zero-order valence-electron chi connectivity index (χ0n) is 15.8. The molecule has 144 valence electrons. The Morgan fingerprint density at radius 3 is 2.52 bits per heavy atom. The summed E-state index contributed by atoms with van der Waals surface area (Å²) in [5.74, 6) is -1.79. The molecule has 2 aromatic rings. The van der Waals surface area contributed by atoms with Gasteiger partial charge in [-0.2, -0.15) is 0 Å². The lowest BCUT2D eigenvalue weighted by Crippen LogP contribution is -2.40. The fourth-order valence-electron chi connectivity index (χ4n) is 2.84. The Bertz CT molecular complexity index is 918. The third-order valence-electron chi connectivity index (χ3n) is 3.79. The summed E-state index contributed by atoms with van der Waals surface area (Å²) in [5, 5.41) is 0. The molecule has 0 aromatic carbocycles. The monoisotopic (exact) mass is 379 g/mol. The Balaban J connectivity index is 2.01. The van der Waals surface area contributed by atoms with Crippen LogP contribution in [0.5, 0.6) is 0 Å². The van der Waals surface area contributed by atoms with Crippen LogP contribution in [-0.4, -0.2) is 62.3 Å². The van der Waals surface area contributed by atoms with E-state index in [1.807, 2.05) is 0 Å². The van der Waals surface area contributed by atoms with Gasteiger partial charge in [-0.25, -0.2) is 15.0 Å². The number of hydrogen-bond donors (Lipinski definition) is 0. The minimum atomic E-state index is -1.05. The first-order valence-electron chi connectivity index (χ1n) is 8.55. The quantitative estimate of drug-likeness (QED) is 0.522. The average molecular weight is 379 g/mol. The molecular formula is C16H18N4O7. The van der Waals surface area contributed by atoms with E-state index in [4.69, 9.17) is 20.3 Å². The third-order valence-corrected chi connectivity index (χ3v) is 3.79. The summed E-state index contributed by atoms with van der Waals surface area (Å²) < 4.78 is 30.8. The van der Waals surface area contributed by atoms with Gasteiger partial charge in [-0.05, 0) is 0 Å². The molecule has 1 aliphatic heterocycles. The minimum absolute atomic E-state index is 0.0845. The number of carbonyl (C=O) groups is 3. The molecule has 0 amide bonds. The van der Waals surface area contributed by atoms with E-state index in [2.05, 4.69) is 15.0 Å². The van der Waals surface area contributed by atoms with E-state index in [9.17, 15) is 14.4 Å². The molecule has 1 fully saturated rings. The van der Waals surface area contributed by atoms with E-state index in [0.717, 1.165) is 0 Å². The number of aromatic nitrogens is 4. The zero-order chi connectivity index (χ0) is 20.4. The maximum atomic E-state index is 11.7. The van der Waals surface area contributed by atoms with Crippen molar-refractivity contribution in [3.05, 3.63) is 18.8 Å². The Morgan fingerprint density at radius 1 is 1.15 bits per heavy atom. The zero-order valence-corrected chi connectivity index (χ0v) is 14.8. The van der Waals surface area contributed by atoms with Crippen LogP contribution in [0.3, 0.4) is 0 Å². The molecule has 0 unspecified atom stereocenters. The summed E-state index contributed by atoms with van der Waals surface area (Å²) >= 11 is 0. The van der Waals surface area contributed by atoms with Gasteiger partial charge in [0.1, 0.15) is 24.6 Å². The highest BCUT2D eigenvalue weighted by molar-refractivity contribution is 5.70. The van der Waals surface area contributed by atoms with Gasteiger partial charge in [0.05, 0.1) is 13.9 Å². The molecule has 4 atom stereocenters. The van der Waals surface area contributed by atoms with Crippen molar-refractivity contribution in [2.24, 2.45) is 0 Å². The molecule has 1 aliphatic rings. The molecule has 0 spiro atoms. The molecule has 27 heavy (non-hydrogen) atoms. The molecule has 3 rings (SSSR count). The highest BCUT2D eigenvalue weighted by Gasteiger charge is 2.51. The number of hydrogen-bond acceptors (Lipinski definition) is 10. The molecule has 0 bridgehead atoms. The maximum absolute atomic E-state index is 11.7. The van der Waals surface area contributed by atoms with Crippen LogP contribution in [-0.2, 0) is 33.3 Å². The molecule has 11 nitrogen and oxygen atoms in total. The first kappa shape index (κ1) is 17.3. The van der Waals surface area contributed by atoms with Crippen LogP contribution in [0.2, 0.25) is 0 Å². The van der Waals surface area contributed by atoms with Crippen molar-refractivity contribution in [3.63, 3.8) is 0 Å². The largest absolute Gasteiger partial charge is 0.463 e. The lowest BCUT2D eigenvalue weighted by Gasteiger charge is -2.23. The number of esters is 3. The predicted octanol–water partition coefficient (Wildman–Crippen LogP) is 0.150. The number of carbonyl (C=O) groups excluding carboxylic acids is 3. The average Bonchev–Trinajstić information content (AvgIpc) is 3.16. The summed E-state index contributed by atoms with van der Waals surface area (Å²) in [4.78, 5) is 46.4. The molecule has 2 aromatic heterocycles. The first-order chi connectivity index (χ1) is 13.3. The van der Waals surface area contributed by atoms with Gasteiger partial charge in [0, 0.05) is 20.8 Å². The third kappa shape index (κ3) is 4.03. The van der Waals surface area contributed by atoms with Gasteiger partial charge >= 0.3 is 17.9 Å². The maximum Gasteiger partial charge on any atom is 0.303 e. The van der Waals surface area contributed by atoms with E-state index in [1.165, 1.54) is 38.0 Å². The highest BCUT2D eigenvalue weighted by atomic mass is 16.7. The smallest absolute Gasteiger partial charge is 0.303 e. The molecule has 1 saturated heterocycles. The molecule has 11 heteroatoms. The lowest BCUT2D eigenvalue weighted by molar-refractivity contribution is -0.166. The lowest BCUT2D eigenvalue weighted by atomic mass is 10.1. The van der Waals surface area contributed by atoms with E-state index in [-0.39, 0.29) is 23.9 Å². The molecule has 0 N–H and O–H groups in total. The van der Waals surface area contributed by atoms with Crippen molar-refractivity contribution >= 4 is 29.1 Å². The van der Waals surface area contributed by atoms with Crippen molar-refractivity contribution in [2.75, 3.05) is 6.61 Å². The van der Waals surface area contributed by atoms with Crippen LogP contribution in [0.25, 0.3) is 11.2 Å². The van der Waals surface area contributed by atoms with Crippen LogP contribution in [0.15, 0.2) is 18.8 Å². The Morgan fingerprint density at radius 2 is 1.85 bits per heavy atom. The van der Waals surface area contributed by atoms with Crippen LogP contribution < -0.4 is 0 Å². The van der Waals surface area contributed by atoms with Crippen molar-refractivity contribution < 1.29 is 34.7 Å². The topological polar surface area (TPSA) is 132 Å². The van der Waals surface area contributed by atoms with Crippen molar-refractivity contribution in [1.82, 2.24) is 19.5 Å². The van der Waals surface area contributed by atoms with E-state index in [0.29, 0.717) is 0 Å². The van der Waals surface area contributed by atoms with Crippen LogP contribution in [0.1, 0.15) is 28.4 Å². The Hall–Kier alpha value is -3.08. The first-order valence-corrected chi connectivity index (χ1v) is 8.05. The van der Waals surface area contributed by atoms with Gasteiger partial charge in [-0.3, -0.25) is 19.0 Å². The van der Waals surface area contributed by atoms with Gasteiger partial charge < -0.3 is 18.9 Å². The Labute approximate surface area is 155 Å². The second-order valence-corrected chi connectivity index (χ2v) is 5.83. The van der Waals surface area contributed by atoms with Gasteiger partial charge in [0.15, 0.2) is 24.1 Å². The number of imidazole rings is 1. The molecule has 3 heterocycles. The normalized spacial score (nSPS) is 25.1. The molecule has 0 saturated carbocycles. The molecular weight excluding hydrogens is 360 g/mol. The van der Waals surface area contributed by atoms with E-state index in [1.54, 1.807) is 0 Å². The van der Waals surface area contributed by atoms with Crippen LogP contribution >= 0.6 is 0 Å². The second kappa shape index (κ2) is 7.66. The van der Waals surface area contributed by atoms with Gasteiger partial charge in [-0.1, -0.05) is 0 Å².